The van der Waals surface area contributed by atoms with Gasteiger partial charge in [-0.05, 0) is 40.0 Å². The van der Waals surface area contributed by atoms with Crippen molar-refractivity contribution in [2.24, 2.45) is 0 Å². The van der Waals surface area contributed by atoms with Gasteiger partial charge in [0.05, 0.1) is 11.4 Å². The summed E-state index contributed by atoms with van der Waals surface area (Å²) >= 11 is 0. The maximum absolute atomic E-state index is 12.2. The molecule has 1 aromatic rings. The molecule has 21 heavy (non-hydrogen) atoms. The molecule has 0 aromatic carbocycles. The summed E-state index contributed by atoms with van der Waals surface area (Å²) in [4.78, 5) is 21.2. The minimum absolute atomic E-state index is 0.0437. The van der Waals surface area contributed by atoms with Gasteiger partial charge in [0.25, 0.3) is 0 Å². The standard InChI is InChI=1S/C16H26N4O/c1-5-6-9-12(21)14-18-11-8-7-10-17-13(11)15(19-14)20-16(2,3)4/h17H,5-10H2,1-4H3,(H,18,19,20). The molecule has 0 saturated carbocycles. The van der Waals surface area contributed by atoms with Crippen LogP contribution in [0.3, 0.4) is 0 Å². The number of ketones is 1. The van der Waals surface area contributed by atoms with E-state index in [0.717, 1.165) is 49.4 Å². The molecule has 2 N–H and O–H groups in total. The Morgan fingerprint density at radius 3 is 2.76 bits per heavy atom. The van der Waals surface area contributed by atoms with Gasteiger partial charge >= 0.3 is 0 Å². The number of aromatic nitrogens is 2. The number of nitrogens with one attached hydrogen (secondary N) is 2. The van der Waals surface area contributed by atoms with Crippen molar-refractivity contribution in [2.45, 2.75) is 65.3 Å². The second-order valence-electron chi connectivity index (χ2n) is 6.65. The summed E-state index contributed by atoms with van der Waals surface area (Å²) in [6, 6.07) is 0. The molecule has 5 heteroatoms. The Morgan fingerprint density at radius 1 is 1.33 bits per heavy atom. The zero-order chi connectivity index (χ0) is 15.5. The highest BCUT2D eigenvalue weighted by Crippen LogP contribution is 2.29. The Morgan fingerprint density at radius 2 is 2.10 bits per heavy atom. The molecule has 2 rings (SSSR count). The Balaban J connectivity index is 2.35. The van der Waals surface area contributed by atoms with E-state index in [1.807, 2.05) is 0 Å². The normalized spacial score (nSPS) is 14.3. The molecule has 116 valence electrons. The van der Waals surface area contributed by atoms with Crippen molar-refractivity contribution in [3.05, 3.63) is 11.5 Å². The van der Waals surface area contributed by atoms with Crippen molar-refractivity contribution in [1.82, 2.24) is 9.97 Å². The SMILES string of the molecule is CCCCC(=O)c1nc2c(c(NC(C)(C)C)n1)NCCC2. The monoisotopic (exact) mass is 290 g/mol. The van der Waals surface area contributed by atoms with Crippen LogP contribution in [-0.2, 0) is 6.42 Å². The topological polar surface area (TPSA) is 66.9 Å². The number of nitrogens with zero attached hydrogens (tertiary/aromatic N) is 2. The van der Waals surface area contributed by atoms with Gasteiger partial charge in [-0.15, -0.1) is 0 Å². The molecule has 0 unspecified atom stereocenters. The van der Waals surface area contributed by atoms with E-state index in [4.69, 9.17) is 0 Å². The Hall–Kier alpha value is -1.65. The lowest BCUT2D eigenvalue weighted by molar-refractivity contribution is 0.0969. The third kappa shape index (κ3) is 4.16. The van der Waals surface area contributed by atoms with E-state index in [9.17, 15) is 4.79 Å². The number of hydrogen-bond acceptors (Lipinski definition) is 5. The van der Waals surface area contributed by atoms with Gasteiger partial charge in [-0.1, -0.05) is 13.3 Å². The molecule has 0 amide bonds. The van der Waals surface area contributed by atoms with Crippen molar-refractivity contribution in [2.75, 3.05) is 17.2 Å². The molecule has 0 saturated heterocycles. The van der Waals surface area contributed by atoms with Crippen LogP contribution in [0.15, 0.2) is 0 Å². The molecule has 2 heterocycles. The molecule has 0 radical (unpaired) electrons. The Kier molecular flexibility index (Phi) is 4.80. The predicted molar refractivity (Wildman–Crippen MR) is 86.1 cm³/mol. The summed E-state index contributed by atoms with van der Waals surface area (Å²) in [7, 11) is 0. The van der Waals surface area contributed by atoms with Crippen LogP contribution in [0.4, 0.5) is 11.5 Å². The summed E-state index contributed by atoms with van der Waals surface area (Å²) in [5.74, 6) is 1.16. The summed E-state index contributed by atoms with van der Waals surface area (Å²) in [6.07, 6.45) is 4.36. The summed E-state index contributed by atoms with van der Waals surface area (Å²) in [5.41, 5.74) is 1.82. The molecule has 5 nitrogen and oxygen atoms in total. The van der Waals surface area contributed by atoms with Gasteiger partial charge < -0.3 is 10.6 Å². The second kappa shape index (κ2) is 6.41. The third-order valence-electron chi connectivity index (χ3n) is 3.38. The Bertz CT molecular complexity index is 520. The lowest BCUT2D eigenvalue weighted by atomic mass is 10.1. The number of fused-ring (bicyclic) bond motifs is 1. The van der Waals surface area contributed by atoms with Gasteiger partial charge in [-0.3, -0.25) is 4.79 Å². The largest absolute Gasteiger partial charge is 0.381 e. The zero-order valence-electron chi connectivity index (χ0n) is 13.5. The number of anilines is 2. The average Bonchev–Trinajstić information content (AvgIpc) is 2.43. The van der Waals surface area contributed by atoms with E-state index < -0.39 is 0 Å². The van der Waals surface area contributed by atoms with Gasteiger partial charge in [-0.25, -0.2) is 9.97 Å². The van der Waals surface area contributed by atoms with Gasteiger partial charge in [0.15, 0.2) is 17.4 Å². The molecule has 0 fully saturated rings. The van der Waals surface area contributed by atoms with Crippen molar-refractivity contribution in [1.29, 1.82) is 0 Å². The maximum Gasteiger partial charge on any atom is 0.200 e. The van der Waals surface area contributed by atoms with Crippen LogP contribution in [0.5, 0.6) is 0 Å². The number of rotatable bonds is 5. The van der Waals surface area contributed by atoms with Gasteiger partial charge in [0, 0.05) is 18.5 Å². The highest BCUT2D eigenvalue weighted by Gasteiger charge is 2.22. The minimum Gasteiger partial charge on any atom is -0.381 e. The van der Waals surface area contributed by atoms with E-state index in [1.54, 1.807) is 0 Å². The van der Waals surface area contributed by atoms with Crippen molar-refractivity contribution < 1.29 is 4.79 Å². The molecular formula is C16H26N4O. The fourth-order valence-corrected chi connectivity index (χ4v) is 2.36. The van der Waals surface area contributed by atoms with Gasteiger partial charge in [0.1, 0.15) is 0 Å². The number of unbranched alkanes of at least 4 members (excludes halogenated alkanes) is 1. The first kappa shape index (κ1) is 15.7. The second-order valence-corrected chi connectivity index (χ2v) is 6.65. The smallest absolute Gasteiger partial charge is 0.200 e. The van der Waals surface area contributed by atoms with Crippen molar-refractivity contribution in [3.63, 3.8) is 0 Å². The molecule has 0 aliphatic carbocycles. The van der Waals surface area contributed by atoms with Crippen LogP contribution in [-0.4, -0.2) is 27.8 Å². The Labute approximate surface area is 127 Å². The van der Waals surface area contributed by atoms with Gasteiger partial charge in [-0.2, -0.15) is 0 Å². The molecule has 0 spiro atoms. The number of Topliss-reactive ketones (excluding diaryl/α,β-unsaturated/α-hetero) is 1. The molecule has 0 atom stereocenters. The lowest BCUT2D eigenvalue weighted by Gasteiger charge is -2.26. The van der Waals surface area contributed by atoms with Crippen LogP contribution >= 0.6 is 0 Å². The molecule has 0 bridgehead atoms. The quantitative estimate of drug-likeness (QED) is 0.813. The van der Waals surface area contributed by atoms with E-state index in [0.29, 0.717) is 12.2 Å². The number of hydrogen-bond donors (Lipinski definition) is 2. The van der Waals surface area contributed by atoms with Crippen LogP contribution in [0.1, 0.15) is 69.7 Å². The first-order chi connectivity index (χ1) is 9.90. The molecular weight excluding hydrogens is 264 g/mol. The number of carbonyl (C=O) groups excluding carboxylic acids is 1. The van der Waals surface area contributed by atoms with E-state index in [1.165, 1.54) is 0 Å². The first-order valence-electron chi connectivity index (χ1n) is 7.87. The highest BCUT2D eigenvalue weighted by molar-refractivity contribution is 5.93. The number of aryl methyl sites for hydroxylation is 1. The summed E-state index contributed by atoms with van der Waals surface area (Å²) < 4.78 is 0. The summed E-state index contributed by atoms with van der Waals surface area (Å²) in [6.45, 7) is 9.27. The molecule has 1 aliphatic rings. The van der Waals surface area contributed by atoms with Crippen LogP contribution in [0.2, 0.25) is 0 Å². The van der Waals surface area contributed by atoms with E-state index in [2.05, 4.69) is 48.3 Å². The molecule has 1 aliphatic heterocycles. The molecule has 1 aromatic heterocycles. The average molecular weight is 290 g/mol. The fourth-order valence-electron chi connectivity index (χ4n) is 2.36. The third-order valence-corrected chi connectivity index (χ3v) is 3.38. The predicted octanol–water partition coefficient (Wildman–Crippen LogP) is 3.42. The summed E-state index contributed by atoms with van der Waals surface area (Å²) in [5, 5.41) is 6.76. The number of carbonyl (C=O) groups is 1. The maximum atomic E-state index is 12.2. The minimum atomic E-state index is -0.106. The van der Waals surface area contributed by atoms with Crippen molar-refractivity contribution >= 4 is 17.3 Å². The lowest BCUT2D eigenvalue weighted by Crippen LogP contribution is -2.29. The van der Waals surface area contributed by atoms with Crippen LogP contribution < -0.4 is 10.6 Å². The van der Waals surface area contributed by atoms with E-state index in [-0.39, 0.29) is 11.3 Å². The van der Waals surface area contributed by atoms with Crippen LogP contribution in [0.25, 0.3) is 0 Å². The van der Waals surface area contributed by atoms with Crippen molar-refractivity contribution in [3.8, 4) is 0 Å². The highest BCUT2D eigenvalue weighted by atomic mass is 16.1. The zero-order valence-corrected chi connectivity index (χ0v) is 13.5. The fraction of sp³-hybridized carbons (Fsp3) is 0.688. The first-order valence-corrected chi connectivity index (χ1v) is 7.87. The van der Waals surface area contributed by atoms with Crippen LogP contribution in [0, 0.1) is 0 Å². The van der Waals surface area contributed by atoms with E-state index >= 15 is 0 Å². The van der Waals surface area contributed by atoms with Gasteiger partial charge in [0.2, 0.25) is 0 Å².